The van der Waals surface area contributed by atoms with Crippen molar-refractivity contribution in [3.8, 4) is 28.6 Å². The van der Waals surface area contributed by atoms with E-state index in [1.165, 1.54) is 84.5 Å². The normalized spacial score (nSPS) is 12.1. The van der Waals surface area contributed by atoms with Crippen LogP contribution in [0, 0.1) is 18.3 Å². The third-order valence-electron chi connectivity index (χ3n) is 11.5. The van der Waals surface area contributed by atoms with Gasteiger partial charge in [0.2, 0.25) is 0 Å². The minimum Gasteiger partial charge on any atom is -0.309 e. The van der Waals surface area contributed by atoms with Crippen molar-refractivity contribution in [1.29, 1.82) is 5.26 Å². The first kappa shape index (κ1) is 30.7. The molecule has 5 heteroatoms. The zero-order valence-corrected chi connectivity index (χ0v) is 31.3. The largest absolute Gasteiger partial charge is 0.309 e. The van der Waals surface area contributed by atoms with Gasteiger partial charge >= 0.3 is 0 Å². The first-order valence-corrected chi connectivity index (χ1v) is 20.1. The number of hydrogen-bond donors (Lipinski definition) is 0. The number of para-hydroxylation sites is 2. The first-order chi connectivity index (χ1) is 27.1. The van der Waals surface area contributed by atoms with E-state index in [2.05, 4.69) is 168 Å². The van der Waals surface area contributed by atoms with E-state index in [1.807, 2.05) is 34.8 Å². The van der Waals surface area contributed by atoms with Crippen LogP contribution < -0.4 is 0 Å². The zero-order valence-electron chi connectivity index (χ0n) is 29.7. The summed E-state index contributed by atoms with van der Waals surface area (Å²) in [5.41, 5.74) is 11.3. The summed E-state index contributed by atoms with van der Waals surface area (Å²) in [4.78, 5) is 0. The summed E-state index contributed by atoms with van der Waals surface area (Å²) in [5.74, 6) is 0. The molecule has 0 aliphatic carbocycles. The SMILES string of the molecule is Cc1cccc2c1c1ccccc1n2-c1ccc2sc3ccc(-c4ccc5sc6ccc(-n7c8ccccc8c8c(C#N)cccc87)cc6c5c4)cc3c2c1. The molecule has 12 rings (SSSR count). The highest BCUT2D eigenvalue weighted by Crippen LogP contribution is 2.43. The van der Waals surface area contributed by atoms with Crippen LogP contribution in [0.2, 0.25) is 0 Å². The van der Waals surface area contributed by atoms with Crippen LogP contribution in [-0.4, -0.2) is 9.13 Å². The Balaban J connectivity index is 1.01. The molecule has 0 saturated heterocycles. The quantitative estimate of drug-likeness (QED) is 0.178. The highest BCUT2D eigenvalue weighted by Gasteiger charge is 2.18. The van der Waals surface area contributed by atoms with E-state index in [9.17, 15) is 5.26 Å². The first-order valence-electron chi connectivity index (χ1n) is 18.5. The fourth-order valence-electron chi connectivity index (χ4n) is 9.04. The molecule has 3 nitrogen and oxygen atoms in total. The van der Waals surface area contributed by atoms with E-state index >= 15 is 0 Å². The predicted octanol–water partition coefficient (Wildman–Crippen LogP) is 14.5. The maximum atomic E-state index is 10.00. The van der Waals surface area contributed by atoms with Gasteiger partial charge in [0, 0.05) is 73.3 Å². The lowest BCUT2D eigenvalue weighted by Gasteiger charge is -2.09. The summed E-state index contributed by atoms with van der Waals surface area (Å²) in [6.07, 6.45) is 0. The van der Waals surface area contributed by atoms with Crippen molar-refractivity contribution in [2.75, 3.05) is 0 Å². The monoisotopic (exact) mass is 735 g/mol. The average molecular weight is 736 g/mol. The Kier molecular flexibility index (Phi) is 6.37. The number of aromatic nitrogens is 2. The molecular formula is C50H29N3S2. The number of hydrogen-bond acceptors (Lipinski definition) is 3. The molecule has 0 N–H and O–H groups in total. The fourth-order valence-corrected chi connectivity index (χ4v) is 11.2. The molecule has 0 radical (unpaired) electrons. The molecule has 0 amide bonds. The smallest absolute Gasteiger partial charge is 0.0998 e. The number of benzene rings is 8. The van der Waals surface area contributed by atoms with E-state index in [-0.39, 0.29) is 0 Å². The maximum Gasteiger partial charge on any atom is 0.0998 e. The van der Waals surface area contributed by atoms with Crippen LogP contribution in [0.5, 0.6) is 0 Å². The molecule has 0 aliphatic rings. The molecule has 8 aromatic carbocycles. The van der Waals surface area contributed by atoms with Crippen molar-refractivity contribution >= 4 is 107 Å². The second kappa shape index (κ2) is 11.4. The van der Waals surface area contributed by atoms with Crippen LogP contribution in [-0.2, 0) is 0 Å². The number of aryl methyl sites for hydroxylation is 1. The zero-order chi connectivity index (χ0) is 36.4. The number of nitrogens with zero attached hydrogens (tertiary/aromatic N) is 3. The van der Waals surface area contributed by atoms with Crippen LogP contribution in [0.1, 0.15) is 11.1 Å². The van der Waals surface area contributed by atoms with Gasteiger partial charge in [-0.3, -0.25) is 0 Å². The minimum absolute atomic E-state index is 0.701. The Morgan fingerprint density at radius 2 is 0.873 bits per heavy atom. The predicted molar refractivity (Wildman–Crippen MR) is 236 cm³/mol. The van der Waals surface area contributed by atoms with Gasteiger partial charge in [0.05, 0.1) is 33.7 Å². The van der Waals surface area contributed by atoms with Gasteiger partial charge in [-0.1, -0.05) is 66.7 Å². The molecule has 55 heavy (non-hydrogen) atoms. The lowest BCUT2D eigenvalue weighted by molar-refractivity contribution is 1.19. The summed E-state index contributed by atoms with van der Waals surface area (Å²) in [5, 5.41) is 19.8. The van der Waals surface area contributed by atoms with Gasteiger partial charge in [0.15, 0.2) is 0 Å². The Morgan fingerprint density at radius 1 is 0.418 bits per heavy atom. The molecule has 4 aromatic heterocycles. The molecule has 0 saturated carbocycles. The molecule has 0 atom stereocenters. The highest BCUT2D eigenvalue weighted by molar-refractivity contribution is 7.26. The van der Waals surface area contributed by atoms with E-state index in [4.69, 9.17) is 0 Å². The second-order valence-electron chi connectivity index (χ2n) is 14.5. The van der Waals surface area contributed by atoms with Crippen molar-refractivity contribution in [1.82, 2.24) is 9.13 Å². The highest BCUT2D eigenvalue weighted by atomic mass is 32.1. The molecule has 0 bridgehead atoms. The van der Waals surface area contributed by atoms with Crippen LogP contribution in [0.4, 0.5) is 0 Å². The van der Waals surface area contributed by atoms with Gasteiger partial charge in [0.25, 0.3) is 0 Å². The van der Waals surface area contributed by atoms with Gasteiger partial charge in [-0.25, -0.2) is 0 Å². The van der Waals surface area contributed by atoms with Crippen molar-refractivity contribution < 1.29 is 0 Å². The number of fused-ring (bicyclic) bond motifs is 12. The van der Waals surface area contributed by atoms with E-state index in [0.29, 0.717) is 5.56 Å². The molecule has 0 spiro atoms. The third kappa shape index (κ3) is 4.35. The van der Waals surface area contributed by atoms with Gasteiger partial charge in [0.1, 0.15) is 0 Å². The van der Waals surface area contributed by atoms with Gasteiger partial charge in [-0.15, -0.1) is 22.7 Å². The van der Waals surface area contributed by atoms with Gasteiger partial charge < -0.3 is 9.13 Å². The molecule has 4 heterocycles. The van der Waals surface area contributed by atoms with Gasteiger partial charge in [-0.05, 0) is 115 Å². The summed E-state index contributed by atoms with van der Waals surface area (Å²) in [7, 11) is 0. The average Bonchev–Trinajstić information content (AvgIpc) is 3.97. The summed E-state index contributed by atoms with van der Waals surface area (Å²) >= 11 is 3.70. The Labute approximate surface area is 323 Å². The third-order valence-corrected chi connectivity index (χ3v) is 13.8. The Morgan fingerprint density at radius 3 is 1.44 bits per heavy atom. The molecular weight excluding hydrogens is 707 g/mol. The second-order valence-corrected chi connectivity index (χ2v) is 16.6. The molecule has 0 unspecified atom stereocenters. The van der Waals surface area contributed by atoms with Crippen LogP contribution in [0.25, 0.3) is 106 Å². The molecule has 0 fully saturated rings. The van der Waals surface area contributed by atoms with E-state index in [0.717, 1.165) is 27.5 Å². The minimum atomic E-state index is 0.701. The molecule has 0 aliphatic heterocycles. The molecule has 256 valence electrons. The van der Waals surface area contributed by atoms with Crippen molar-refractivity contribution in [2.24, 2.45) is 0 Å². The maximum absolute atomic E-state index is 10.00. The van der Waals surface area contributed by atoms with Crippen LogP contribution in [0.15, 0.2) is 158 Å². The topological polar surface area (TPSA) is 33.6 Å². The molecule has 12 aromatic rings. The standard InChI is InChI=1S/C50H29N3S2/c1-29-8-6-14-43-49(29)35-10-2-4-12-41(35)52(43)33-18-22-47-39(26-33)37-24-30(16-20-45(37)54-47)31-17-21-46-38(25-31)40-27-34(19-23-48(40)55-46)53-42-13-5-3-11-36(42)50-32(28-51)9-7-15-44(50)53/h2-27H,1H3. The van der Waals surface area contributed by atoms with Crippen molar-refractivity contribution in [3.05, 3.63) is 169 Å². The van der Waals surface area contributed by atoms with E-state index in [1.54, 1.807) is 0 Å². The number of thiophene rings is 2. The van der Waals surface area contributed by atoms with Crippen LogP contribution in [0.3, 0.4) is 0 Å². The Hall–Kier alpha value is -6.71. The lowest BCUT2D eigenvalue weighted by atomic mass is 10.0. The Bertz CT molecular complexity index is 3640. The summed E-state index contributed by atoms with van der Waals surface area (Å²) in [6.45, 7) is 2.21. The number of rotatable bonds is 3. The fraction of sp³-hybridized carbons (Fsp3) is 0.0200. The summed E-state index contributed by atoms with van der Waals surface area (Å²) < 4.78 is 9.87. The number of nitriles is 1. The van der Waals surface area contributed by atoms with Crippen molar-refractivity contribution in [3.63, 3.8) is 0 Å². The van der Waals surface area contributed by atoms with Crippen LogP contribution >= 0.6 is 22.7 Å². The summed E-state index contributed by atoms with van der Waals surface area (Å²) in [6, 6.07) is 59.9. The van der Waals surface area contributed by atoms with E-state index < -0.39 is 0 Å². The van der Waals surface area contributed by atoms with Crippen molar-refractivity contribution in [2.45, 2.75) is 6.92 Å². The lowest BCUT2D eigenvalue weighted by Crippen LogP contribution is -1.93. The van der Waals surface area contributed by atoms with Gasteiger partial charge in [-0.2, -0.15) is 5.26 Å².